The van der Waals surface area contributed by atoms with E-state index < -0.39 is 0 Å². The number of nitrogens with two attached hydrogens (primary N) is 4. The van der Waals surface area contributed by atoms with Crippen LogP contribution in [0.3, 0.4) is 0 Å². The number of hydrogen-bond donors (Lipinski definition) is 4. The van der Waals surface area contributed by atoms with Crippen molar-refractivity contribution in [1.29, 1.82) is 0 Å². The van der Waals surface area contributed by atoms with E-state index in [1.807, 2.05) is 18.2 Å². The van der Waals surface area contributed by atoms with Gasteiger partial charge in [0.25, 0.3) is 0 Å². The fourth-order valence-electron chi connectivity index (χ4n) is 6.74. The highest BCUT2D eigenvalue weighted by Gasteiger charge is 2.35. The van der Waals surface area contributed by atoms with Gasteiger partial charge in [0.1, 0.15) is 18.1 Å². The Hall–Kier alpha value is -3.30. The van der Waals surface area contributed by atoms with Gasteiger partial charge >= 0.3 is 0 Å². The van der Waals surface area contributed by atoms with Crippen molar-refractivity contribution >= 4 is 11.4 Å². The lowest BCUT2D eigenvalue weighted by Crippen LogP contribution is -2.59. The first-order valence-electron chi connectivity index (χ1n) is 16.4. The molecule has 1 heterocycles. The molecule has 8 nitrogen and oxygen atoms in total. The van der Waals surface area contributed by atoms with Gasteiger partial charge in [0, 0.05) is 36.5 Å². The maximum atomic E-state index is 6.51. The van der Waals surface area contributed by atoms with Crippen LogP contribution in [-0.2, 0) is 32.3 Å². The molecule has 0 aromatic heterocycles. The molecule has 0 bridgehead atoms. The minimum absolute atomic E-state index is 0.319. The van der Waals surface area contributed by atoms with E-state index in [-0.39, 0.29) is 0 Å². The van der Waals surface area contributed by atoms with E-state index >= 15 is 0 Å². The second kappa shape index (κ2) is 16.7. The molecule has 0 spiro atoms. The number of anilines is 2. The van der Waals surface area contributed by atoms with Crippen molar-refractivity contribution in [1.82, 2.24) is 0 Å². The van der Waals surface area contributed by atoms with Crippen molar-refractivity contribution < 1.29 is 9.47 Å². The monoisotopic (exact) mass is 602 g/mol. The topological polar surface area (TPSA) is 129 Å². The van der Waals surface area contributed by atoms with E-state index in [1.165, 1.54) is 22.5 Å². The summed E-state index contributed by atoms with van der Waals surface area (Å²) < 4.78 is 12.2. The fraction of sp³-hybridized carbons (Fsp3) is 0.500. The van der Waals surface area contributed by atoms with Gasteiger partial charge in [-0.1, -0.05) is 44.2 Å². The van der Waals surface area contributed by atoms with Crippen molar-refractivity contribution in [2.75, 3.05) is 56.2 Å². The molecule has 0 aliphatic carbocycles. The lowest BCUT2D eigenvalue weighted by atomic mass is 9.94. The number of rotatable bonds is 16. The minimum Gasteiger partial charge on any atom is -0.497 e. The van der Waals surface area contributed by atoms with Crippen molar-refractivity contribution in [2.24, 2.45) is 22.9 Å². The molecule has 3 aromatic rings. The summed E-state index contributed by atoms with van der Waals surface area (Å²) in [6.07, 6.45) is 5.14. The van der Waals surface area contributed by atoms with Crippen LogP contribution >= 0.6 is 0 Å². The molecule has 240 valence electrons. The number of benzene rings is 3. The summed E-state index contributed by atoms with van der Waals surface area (Å²) in [5, 5.41) is 0. The van der Waals surface area contributed by atoms with Gasteiger partial charge in [-0.05, 0) is 117 Å². The Morgan fingerprint density at radius 1 is 0.705 bits per heavy atom. The van der Waals surface area contributed by atoms with Gasteiger partial charge in [0.2, 0.25) is 0 Å². The largest absolute Gasteiger partial charge is 0.497 e. The Kier molecular flexibility index (Phi) is 12.7. The third-order valence-corrected chi connectivity index (χ3v) is 8.79. The van der Waals surface area contributed by atoms with Gasteiger partial charge in [-0.3, -0.25) is 0 Å². The van der Waals surface area contributed by atoms with Crippen LogP contribution < -0.4 is 42.2 Å². The Morgan fingerprint density at radius 2 is 1.20 bits per heavy atom. The molecule has 1 fully saturated rings. The Balaban J connectivity index is 1.73. The lowest BCUT2D eigenvalue weighted by molar-refractivity contribution is 0.299. The van der Waals surface area contributed by atoms with Crippen LogP contribution in [0.2, 0.25) is 0 Å². The maximum absolute atomic E-state index is 6.51. The van der Waals surface area contributed by atoms with Crippen molar-refractivity contribution in [3.63, 3.8) is 0 Å². The van der Waals surface area contributed by atoms with Crippen LogP contribution in [-0.4, -0.2) is 58.5 Å². The third-order valence-electron chi connectivity index (χ3n) is 8.79. The second-order valence-corrected chi connectivity index (χ2v) is 11.8. The van der Waals surface area contributed by atoms with Gasteiger partial charge < -0.3 is 42.2 Å². The Bertz CT molecular complexity index is 1250. The molecule has 1 aliphatic rings. The molecule has 44 heavy (non-hydrogen) atoms. The number of piperazine rings is 1. The van der Waals surface area contributed by atoms with Crippen molar-refractivity contribution in [3.05, 3.63) is 82.4 Å². The number of ether oxygens (including phenoxy) is 2. The zero-order valence-corrected chi connectivity index (χ0v) is 27.1. The molecule has 1 saturated heterocycles. The molecule has 0 amide bonds. The fourth-order valence-corrected chi connectivity index (χ4v) is 6.74. The molecule has 4 rings (SSSR count). The van der Waals surface area contributed by atoms with E-state index in [9.17, 15) is 0 Å². The first kappa shape index (κ1) is 33.6. The van der Waals surface area contributed by atoms with Gasteiger partial charge in [0.15, 0.2) is 0 Å². The van der Waals surface area contributed by atoms with Gasteiger partial charge in [-0.15, -0.1) is 0 Å². The normalized spacial score (nSPS) is 16.8. The quantitative estimate of drug-likeness (QED) is 0.192. The number of nitrogens with zero attached hydrogens (tertiary/aromatic N) is 2. The van der Waals surface area contributed by atoms with Crippen LogP contribution in [0.15, 0.2) is 54.6 Å². The van der Waals surface area contributed by atoms with Gasteiger partial charge in [-0.25, -0.2) is 0 Å². The van der Waals surface area contributed by atoms with E-state index in [1.54, 1.807) is 7.11 Å². The molecule has 8 heteroatoms. The zero-order valence-electron chi connectivity index (χ0n) is 27.1. The highest BCUT2D eigenvalue weighted by Crippen LogP contribution is 2.39. The first-order chi connectivity index (χ1) is 21.5. The second-order valence-electron chi connectivity index (χ2n) is 11.8. The summed E-state index contributed by atoms with van der Waals surface area (Å²) >= 11 is 0. The van der Waals surface area contributed by atoms with Crippen molar-refractivity contribution in [2.45, 2.75) is 71.1 Å². The summed E-state index contributed by atoms with van der Waals surface area (Å²) in [5.41, 5.74) is 33.0. The standard InChI is InChI=1S/C36H54N6O2/c1-4-31-23-41(35-27(11-15-37)21-34(43-3)22-28(35)12-16-38)24-32(5-2)42(31)33-19-29(13-17-39)36(30(20-33)14-18-40)44-25-26-9-7-6-8-10-26/h6-10,19-22,31-32H,4-5,11-18,23-25,37-40H2,1-3H3. The summed E-state index contributed by atoms with van der Waals surface area (Å²) in [6, 6.07) is 19.9. The SMILES string of the molecule is CCC1CN(c2c(CCN)cc(OC)cc2CCN)CC(CC)N1c1cc(CCN)c(OCc2ccccc2)c(CCN)c1. The third kappa shape index (κ3) is 7.85. The predicted molar refractivity (Wildman–Crippen MR) is 184 cm³/mol. The highest BCUT2D eigenvalue weighted by atomic mass is 16.5. The number of hydrogen-bond acceptors (Lipinski definition) is 8. The summed E-state index contributed by atoms with van der Waals surface area (Å²) in [5.74, 6) is 1.80. The summed E-state index contributed by atoms with van der Waals surface area (Å²) in [7, 11) is 1.72. The van der Waals surface area contributed by atoms with Crippen LogP contribution in [0.25, 0.3) is 0 Å². The Morgan fingerprint density at radius 3 is 1.66 bits per heavy atom. The molecule has 8 N–H and O–H groups in total. The maximum Gasteiger partial charge on any atom is 0.126 e. The molecule has 0 saturated carbocycles. The first-order valence-corrected chi connectivity index (χ1v) is 16.4. The van der Waals surface area contributed by atoms with Crippen LogP contribution in [0.4, 0.5) is 11.4 Å². The Labute approximate surface area is 264 Å². The summed E-state index contributed by atoms with van der Waals surface area (Å²) in [4.78, 5) is 5.25. The molecular weight excluding hydrogens is 548 g/mol. The minimum atomic E-state index is 0.319. The zero-order chi connectivity index (χ0) is 31.5. The van der Waals surface area contributed by atoms with Crippen LogP contribution in [0.5, 0.6) is 11.5 Å². The molecule has 0 radical (unpaired) electrons. The van der Waals surface area contributed by atoms with E-state index in [2.05, 4.69) is 60.0 Å². The molecule has 2 atom stereocenters. The van der Waals surface area contributed by atoms with Gasteiger partial charge in [-0.2, -0.15) is 0 Å². The van der Waals surface area contributed by atoms with Gasteiger partial charge in [0.05, 0.1) is 7.11 Å². The van der Waals surface area contributed by atoms with E-state index in [0.29, 0.717) is 44.9 Å². The average Bonchev–Trinajstić information content (AvgIpc) is 3.04. The number of methoxy groups -OCH3 is 1. The molecule has 1 aliphatic heterocycles. The highest BCUT2D eigenvalue weighted by molar-refractivity contribution is 5.66. The van der Waals surface area contributed by atoms with Crippen LogP contribution in [0, 0.1) is 0 Å². The average molecular weight is 603 g/mol. The van der Waals surface area contributed by atoms with Crippen LogP contribution in [0.1, 0.15) is 54.5 Å². The van der Waals surface area contributed by atoms with E-state index in [0.717, 1.165) is 79.8 Å². The van der Waals surface area contributed by atoms with Crippen molar-refractivity contribution in [3.8, 4) is 11.5 Å². The van der Waals surface area contributed by atoms with E-state index in [4.69, 9.17) is 32.4 Å². The predicted octanol–water partition coefficient (Wildman–Crippen LogP) is 4.16. The molecular formula is C36H54N6O2. The lowest BCUT2D eigenvalue weighted by Gasteiger charge is -2.50. The smallest absolute Gasteiger partial charge is 0.126 e. The summed E-state index contributed by atoms with van der Waals surface area (Å²) in [6.45, 7) is 9.22. The molecule has 3 aromatic carbocycles. The molecule has 2 unspecified atom stereocenters.